The standard InChI is InChI=1S/C28H23NO2/c1-28(2)25-14-7-6-13-23(25)24-16-15-22(18-26(24)28)29(20-10-4-3-5-11-20)21-12-8-9-19(17-21)27(30)31/h3-18H,1-2H3,(H,30,31). The normalized spacial score (nSPS) is 13.4. The maximum Gasteiger partial charge on any atom is 0.335 e. The minimum Gasteiger partial charge on any atom is -0.478 e. The van der Waals surface area contributed by atoms with Gasteiger partial charge >= 0.3 is 5.97 Å². The van der Waals surface area contributed by atoms with Crippen molar-refractivity contribution in [3.8, 4) is 11.1 Å². The summed E-state index contributed by atoms with van der Waals surface area (Å²) in [5.74, 6) is -0.930. The fourth-order valence-electron chi connectivity index (χ4n) is 4.63. The molecule has 0 fully saturated rings. The first-order valence-corrected chi connectivity index (χ1v) is 10.4. The summed E-state index contributed by atoms with van der Waals surface area (Å²) in [5.41, 5.74) is 8.14. The van der Waals surface area contributed by atoms with Gasteiger partial charge in [-0.1, -0.05) is 68.4 Å². The van der Waals surface area contributed by atoms with Gasteiger partial charge in [-0.15, -0.1) is 0 Å². The highest BCUT2D eigenvalue weighted by atomic mass is 16.4. The van der Waals surface area contributed by atoms with Crippen LogP contribution < -0.4 is 4.90 Å². The molecule has 4 aromatic carbocycles. The second-order valence-corrected chi connectivity index (χ2v) is 8.43. The molecule has 0 aliphatic heterocycles. The van der Waals surface area contributed by atoms with Crippen molar-refractivity contribution in [2.75, 3.05) is 4.90 Å². The summed E-state index contributed by atoms with van der Waals surface area (Å²) in [6.45, 7) is 4.53. The first kappa shape index (κ1) is 19.1. The van der Waals surface area contributed by atoms with Crippen LogP contribution in [0.3, 0.4) is 0 Å². The Labute approximate surface area is 182 Å². The Kier molecular flexibility index (Phi) is 4.40. The largest absolute Gasteiger partial charge is 0.478 e. The molecule has 31 heavy (non-hydrogen) atoms. The summed E-state index contributed by atoms with van der Waals surface area (Å²) in [6, 6.07) is 32.3. The molecule has 0 saturated carbocycles. The number of carbonyl (C=O) groups is 1. The van der Waals surface area contributed by atoms with E-state index in [1.807, 2.05) is 36.4 Å². The van der Waals surface area contributed by atoms with E-state index in [1.54, 1.807) is 18.2 Å². The van der Waals surface area contributed by atoms with E-state index in [-0.39, 0.29) is 11.0 Å². The minimum absolute atomic E-state index is 0.104. The fraction of sp³-hybridized carbons (Fsp3) is 0.107. The van der Waals surface area contributed by atoms with E-state index in [0.717, 1.165) is 17.1 Å². The molecule has 0 amide bonds. The molecule has 0 unspecified atom stereocenters. The minimum atomic E-state index is -0.930. The molecule has 0 radical (unpaired) electrons. The van der Waals surface area contributed by atoms with Crippen molar-refractivity contribution in [1.29, 1.82) is 0 Å². The van der Waals surface area contributed by atoms with Crippen LogP contribution in [0.1, 0.15) is 35.3 Å². The van der Waals surface area contributed by atoms with Gasteiger partial charge in [0.2, 0.25) is 0 Å². The molecule has 1 aliphatic carbocycles. The first-order chi connectivity index (χ1) is 15.0. The molecule has 0 atom stereocenters. The number of anilines is 3. The molecule has 0 aromatic heterocycles. The van der Waals surface area contributed by atoms with Crippen LogP contribution in [0.15, 0.2) is 97.1 Å². The van der Waals surface area contributed by atoms with Gasteiger partial charge < -0.3 is 10.0 Å². The summed E-state index contributed by atoms with van der Waals surface area (Å²) in [7, 11) is 0. The number of rotatable bonds is 4. The number of benzene rings is 4. The summed E-state index contributed by atoms with van der Waals surface area (Å²) in [5, 5.41) is 9.51. The number of carboxylic acids is 1. The van der Waals surface area contributed by atoms with E-state index in [2.05, 4.69) is 61.2 Å². The molecule has 1 aliphatic rings. The van der Waals surface area contributed by atoms with Gasteiger partial charge in [0.05, 0.1) is 5.56 Å². The summed E-state index contributed by atoms with van der Waals surface area (Å²) >= 11 is 0. The molecule has 0 saturated heterocycles. The van der Waals surface area contributed by atoms with Crippen LogP contribution in [-0.4, -0.2) is 11.1 Å². The molecule has 0 spiro atoms. The van der Waals surface area contributed by atoms with Crippen LogP contribution in [0, 0.1) is 0 Å². The molecule has 3 nitrogen and oxygen atoms in total. The molecule has 4 aromatic rings. The smallest absolute Gasteiger partial charge is 0.335 e. The van der Waals surface area contributed by atoms with Crippen LogP contribution in [0.2, 0.25) is 0 Å². The summed E-state index contributed by atoms with van der Waals surface area (Å²) in [4.78, 5) is 13.7. The number of aromatic carboxylic acids is 1. The van der Waals surface area contributed by atoms with E-state index in [4.69, 9.17) is 0 Å². The third kappa shape index (κ3) is 3.10. The highest BCUT2D eigenvalue weighted by molar-refractivity contribution is 5.91. The number of para-hydroxylation sites is 1. The Morgan fingerprint density at radius 2 is 1.32 bits per heavy atom. The van der Waals surface area contributed by atoms with Gasteiger partial charge in [0, 0.05) is 22.5 Å². The predicted molar refractivity (Wildman–Crippen MR) is 126 cm³/mol. The van der Waals surface area contributed by atoms with E-state index < -0.39 is 5.97 Å². The molecule has 5 rings (SSSR count). The molecule has 3 heteroatoms. The number of hydrogen-bond acceptors (Lipinski definition) is 2. The van der Waals surface area contributed by atoms with Crippen LogP contribution in [0.25, 0.3) is 11.1 Å². The van der Waals surface area contributed by atoms with E-state index in [1.165, 1.54) is 22.3 Å². The number of carboxylic acid groups (broad SMARTS) is 1. The molecule has 152 valence electrons. The Morgan fingerprint density at radius 3 is 2.10 bits per heavy atom. The number of hydrogen-bond donors (Lipinski definition) is 1. The van der Waals surface area contributed by atoms with Crippen LogP contribution in [0.4, 0.5) is 17.1 Å². The van der Waals surface area contributed by atoms with Crippen LogP contribution >= 0.6 is 0 Å². The summed E-state index contributed by atoms with van der Waals surface area (Å²) in [6.07, 6.45) is 0. The fourth-order valence-corrected chi connectivity index (χ4v) is 4.63. The lowest BCUT2D eigenvalue weighted by Gasteiger charge is -2.28. The SMILES string of the molecule is CC1(C)c2ccccc2-c2ccc(N(c3ccccc3)c3cccc(C(=O)O)c3)cc21. The van der Waals surface area contributed by atoms with Crippen molar-refractivity contribution in [2.45, 2.75) is 19.3 Å². The second kappa shape index (κ2) is 7.13. The Hall–Kier alpha value is -3.85. The number of fused-ring (bicyclic) bond motifs is 3. The molecular weight excluding hydrogens is 382 g/mol. The lowest BCUT2D eigenvalue weighted by atomic mass is 9.82. The Bertz CT molecular complexity index is 1290. The lowest BCUT2D eigenvalue weighted by molar-refractivity contribution is 0.0697. The molecular formula is C28H23NO2. The zero-order valence-electron chi connectivity index (χ0n) is 17.5. The molecule has 0 heterocycles. The van der Waals surface area contributed by atoms with Gasteiger partial charge in [0.15, 0.2) is 0 Å². The second-order valence-electron chi connectivity index (χ2n) is 8.43. The van der Waals surface area contributed by atoms with Gasteiger partial charge in [-0.2, -0.15) is 0 Å². The van der Waals surface area contributed by atoms with E-state index in [0.29, 0.717) is 0 Å². The Morgan fingerprint density at radius 1 is 0.677 bits per heavy atom. The van der Waals surface area contributed by atoms with Gasteiger partial charge in [-0.05, 0) is 64.7 Å². The highest BCUT2D eigenvalue weighted by Crippen LogP contribution is 2.50. The maximum atomic E-state index is 11.6. The van der Waals surface area contributed by atoms with E-state index in [9.17, 15) is 9.90 Å². The van der Waals surface area contributed by atoms with Gasteiger partial charge in [0.25, 0.3) is 0 Å². The first-order valence-electron chi connectivity index (χ1n) is 10.4. The van der Waals surface area contributed by atoms with Crippen LogP contribution in [-0.2, 0) is 5.41 Å². The van der Waals surface area contributed by atoms with Crippen LogP contribution in [0.5, 0.6) is 0 Å². The average molecular weight is 405 g/mol. The Balaban J connectivity index is 1.70. The van der Waals surface area contributed by atoms with Crippen molar-refractivity contribution in [3.05, 3.63) is 114 Å². The predicted octanol–water partition coefficient (Wildman–Crippen LogP) is 7.16. The summed E-state index contributed by atoms with van der Waals surface area (Å²) < 4.78 is 0. The lowest BCUT2D eigenvalue weighted by Crippen LogP contribution is -2.16. The highest BCUT2D eigenvalue weighted by Gasteiger charge is 2.35. The zero-order chi connectivity index (χ0) is 21.6. The van der Waals surface area contributed by atoms with Crippen molar-refractivity contribution in [1.82, 2.24) is 0 Å². The van der Waals surface area contributed by atoms with Crippen molar-refractivity contribution in [2.24, 2.45) is 0 Å². The maximum absolute atomic E-state index is 11.6. The van der Waals surface area contributed by atoms with Gasteiger partial charge in [-0.25, -0.2) is 4.79 Å². The van der Waals surface area contributed by atoms with E-state index >= 15 is 0 Å². The van der Waals surface area contributed by atoms with Gasteiger partial charge in [-0.3, -0.25) is 0 Å². The van der Waals surface area contributed by atoms with Gasteiger partial charge in [0.1, 0.15) is 0 Å². The monoisotopic (exact) mass is 405 g/mol. The van der Waals surface area contributed by atoms with Crippen molar-refractivity contribution >= 4 is 23.0 Å². The zero-order valence-corrected chi connectivity index (χ0v) is 17.5. The molecule has 0 bridgehead atoms. The molecule has 1 N–H and O–H groups in total. The van der Waals surface area contributed by atoms with Crippen molar-refractivity contribution in [3.63, 3.8) is 0 Å². The third-order valence-corrected chi connectivity index (χ3v) is 6.19. The average Bonchev–Trinajstić information content (AvgIpc) is 3.02. The topological polar surface area (TPSA) is 40.5 Å². The quantitative estimate of drug-likeness (QED) is 0.391. The van der Waals surface area contributed by atoms with Crippen molar-refractivity contribution < 1.29 is 9.90 Å². The number of nitrogens with zero attached hydrogens (tertiary/aromatic N) is 1. The third-order valence-electron chi connectivity index (χ3n) is 6.19.